The lowest BCUT2D eigenvalue weighted by molar-refractivity contribution is 0.815. The van der Waals surface area contributed by atoms with E-state index >= 15 is 0 Å². The number of nitrogens with two attached hydrogens (primary N) is 1. The Hall–Kier alpha value is -4.00. The van der Waals surface area contributed by atoms with Crippen molar-refractivity contribution in [3.8, 4) is 16.9 Å². The Morgan fingerprint density at radius 3 is 2.83 bits per heavy atom. The Kier molecular flexibility index (Phi) is 3.70. The van der Waals surface area contributed by atoms with Gasteiger partial charge in [0.25, 0.3) is 5.56 Å². The summed E-state index contributed by atoms with van der Waals surface area (Å²) >= 11 is 0. The van der Waals surface area contributed by atoms with Gasteiger partial charge in [0.2, 0.25) is 0 Å². The number of anilines is 1. The van der Waals surface area contributed by atoms with Gasteiger partial charge in [-0.2, -0.15) is 9.78 Å². The molecule has 7 heteroatoms. The van der Waals surface area contributed by atoms with Crippen LogP contribution < -0.4 is 11.3 Å². The summed E-state index contributed by atoms with van der Waals surface area (Å²) in [6, 6.07) is 11.5. The van der Waals surface area contributed by atoms with Gasteiger partial charge in [-0.15, -0.1) is 0 Å². The summed E-state index contributed by atoms with van der Waals surface area (Å²) in [5.74, 6) is 0.355. The van der Waals surface area contributed by atoms with Gasteiger partial charge in [0.05, 0.1) is 23.0 Å². The molecule has 3 aromatic heterocycles. The Bertz CT molecular complexity index is 1460. The molecule has 0 aliphatic rings. The predicted molar refractivity (Wildman–Crippen MR) is 113 cm³/mol. The molecule has 7 nitrogen and oxygen atoms in total. The minimum Gasteiger partial charge on any atom is -0.381 e. The molecular formula is C22H18N6O. The number of hydrogen-bond acceptors (Lipinski definition) is 5. The van der Waals surface area contributed by atoms with Crippen LogP contribution >= 0.6 is 0 Å². The van der Waals surface area contributed by atoms with E-state index in [0.29, 0.717) is 28.2 Å². The smallest absolute Gasteiger partial charge is 0.279 e. The number of aromatic nitrogens is 5. The molecular weight excluding hydrogens is 364 g/mol. The number of benzene rings is 2. The van der Waals surface area contributed by atoms with Gasteiger partial charge in [-0.25, -0.2) is 9.97 Å². The van der Waals surface area contributed by atoms with Gasteiger partial charge in [0, 0.05) is 29.5 Å². The highest BCUT2D eigenvalue weighted by atomic mass is 16.1. The zero-order valence-electron chi connectivity index (χ0n) is 16.0. The molecule has 0 atom stereocenters. The monoisotopic (exact) mass is 382 g/mol. The van der Waals surface area contributed by atoms with Crippen LogP contribution in [0.5, 0.6) is 0 Å². The summed E-state index contributed by atoms with van der Waals surface area (Å²) in [7, 11) is 0. The molecule has 29 heavy (non-hydrogen) atoms. The Morgan fingerprint density at radius 1 is 1.10 bits per heavy atom. The minimum atomic E-state index is -0.153. The highest BCUT2D eigenvalue weighted by molar-refractivity contribution is 5.81. The van der Waals surface area contributed by atoms with Crippen LogP contribution in [0.4, 0.5) is 5.82 Å². The number of hydrogen-bond donors (Lipinski definition) is 1. The van der Waals surface area contributed by atoms with Gasteiger partial charge in [0.15, 0.2) is 11.5 Å². The van der Waals surface area contributed by atoms with E-state index < -0.39 is 0 Å². The Morgan fingerprint density at radius 2 is 1.97 bits per heavy atom. The first-order chi connectivity index (χ1) is 14.0. The molecule has 5 aromatic rings. The normalized spacial score (nSPS) is 11.4. The van der Waals surface area contributed by atoms with Crippen LogP contribution in [0.25, 0.3) is 33.4 Å². The molecule has 0 fully saturated rings. The van der Waals surface area contributed by atoms with Crippen molar-refractivity contribution in [3.05, 3.63) is 82.7 Å². The first-order valence-corrected chi connectivity index (χ1v) is 9.21. The summed E-state index contributed by atoms with van der Waals surface area (Å²) < 4.78 is 3.28. The highest BCUT2D eigenvalue weighted by Crippen LogP contribution is 2.27. The van der Waals surface area contributed by atoms with E-state index in [0.717, 1.165) is 22.1 Å². The summed E-state index contributed by atoms with van der Waals surface area (Å²) in [5.41, 5.74) is 10.8. The van der Waals surface area contributed by atoms with Crippen LogP contribution in [0.15, 0.2) is 66.0 Å². The topological polar surface area (TPSA) is 91.1 Å². The molecule has 142 valence electrons. The number of nitrogen functional groups attached to an aromatic ring is 1. The zero-order valence-corrected chi connectivity index (χ0v) is 16.0. The third kappa shape index (κ3) is 2.67. The van der Waals surface area contributed by atoms with Gasteiger partial charge < -0.3 is 10.1 Å². The lowest BCUT2D eigenvalue weighted by Gasteiger charge is -2.13. The molecule has 0 saturated heterocycles. The van der Waals surface area contributed by atoms with Crippen molar-refractivity contribution in [1.29, 1.82) is 0 Å². The average molecular weight is 382 g/mol. The van der Waals surface area contributed by atoms with Crippen LogP contribution in [0.2, 0.25) is 0 Å². The summed E-state index contributed by atoms with van der Waals surface area (Å²) in [4.78, 5) is 21.8. The van der Waals surface area contributed by atoms with Crippen molar-refractivity contribution < 1.29 is 0 Å². The molecule has 0 aliphatic carbocycles. The van der Waals surface area contributed by atoms with Gasteiger partial charge in [-0.3, -0.25) is 4.79 Å². The number of imidazole rings is 1. The molecule has 2 N–H and O–H groups in total. The van der Waals surface area contributed by atoms with Crippen molar-refractivity contribution in [2.24, 2.45) is 0 Å². The van der Waals surface area contributed by atoms with E-state index in [1.165, 1.54) is 4.68 Å². The predicted octanol–water partition coefficient (Wildman–Crippen LogP) is 3.29. The van der Waals surface area contributed by atoms with Gasteiger partial charge in [-0.1, -0.05) is 23.8 Å². The fraction of sp³-hybridized carbons (Fsp3) is 0.0909. The van der Waals surface area contributed by atoms with Crippen LogP contribution in [0.3, 0.4) is 0 Å². The molecule has 0 spiro atoms. The first kappa shape index (κ1) is 17.1. The molecule has 5 rings (SSSR count). The van der Waals surface area contributed by atoms with Crippen LogP contribution in [-0.4, -0.2) is 24.1 Å². The molecule has 0 bridgehead atoms. The van der Waals surface area contributed by atoms with E-state index in [1.807, 2.05) is 67.0 Å². The van der Waals surface area contributed by atoms with E-state index in [2.05, 4.69) is 15.1 Å². The standard InChI is InChI=1S/C22H18N6O/c1-13-6-7-17-15(10-13)11-25-28(22(17)29)19-5-3-4-16(14(19)2)18-12-27-9-8-24-21(27)20(23)26-18/h3-12H,1-2H3,(H2,23,26). The van der Waals surface area contributed by atoms with Crippen molar-refractivity contribution in [3.63, 3.8) is 0 Å². The largest absolute Gasteiger partial charge is 0.381 e. The van der Waals surface area contributed by atoms with E-state index in [9.17, 15) is 4.79 Å². The second-order valence-electron chi connectivity index (χ2n) is 7.07. The molecule has 0 radical (unpaired) electrons. The molecule has 0 saturated carbocycles. The molecule has 0 aliphatic heterocycles. The average Bonchev–Trinajstić information content (AvgIpc) is 3.18. The summed E-state index contributed by atoms with van der Waals surface area (Å²) in [6.07, 6.45) is 7.11. The number of nitrogens with zero attached hydrogens (tertiary/aromatic N) is 5. The lowest BCUT2D eigenvalue weighted by atomic mass is 10.0. The van der Waals surface area contributed by atoms with E-state index in [-0.39, 0.29) is 5.56 Å². The fourth-order valence-electron chi connectivity index (χ4n) is 3.66. The van der Waals surface area contributed by atoms with Gasteiger partial charge in [0.1, 0.15) is 0 Å². The maximum Gasteiger partial charge on any atom is 0.279 e. The van der Waals surface area contributed by atoms with Gasteiger partial charge >= 0.3 is 0 Å². The molecule has 0 amide bonds. The lowest BCUT2D eigenvalue weighted by Crippen LogP contribution is -2.22. The SMILES string of the molecule is Cc1ccc2c(=O)n(-c3cccc(-c4cn5ccnc5c(N)n4)c3C)ncc2c1. The second kappa shape index (κ2) is 6.27. The van der Waals surface area contributed by atoms with Crippen molar-refractivity contribution in [2.45, 2.75) is 13.8 Å². The summed E-state index contributed by atoms with van der Waals surface area (Å²) in [6.45, 7) is 3.95. The van der Waals surface area contributed by atoms with Crippen molar-refractivity contribution >= 4 is 22.2 Å². The second-order valence-corrected chi connectivity index (χ2v) is 7.07. The van der Waals surface area contributed by atoms with Gasteiger partial charge in [-0.05, 0) is 37.6 Å². The number of rotatable bonds is 2. The summed E-state index contributed by atoms with van der Waals surface area (Å²) in [5, 5.41) is 5.89. The fourth-order valence-corrected chi connectivity index (χ4v) is 3.66. The first-order valence-electron chi connectivity index (χ1n) is 9.21. The number of fused-ring (bicyclic) bond motifs is 2. The Labute approximate surface area is 166 Å². The van der Waals surface area contributed by atoms with Crippen LogP contribution in [0, 0.1) is 13.8 Å². The third-order valence-corrected chi connectivity index (χ3v) is 5.15. The van der Waals surface area contributed by atoms with Crippen LogP contribution in [-0.2, 0) is 0 Å². The molecule has 2 aromatic carbocycles. The number of aryl methyl sites for hydroxylation is 1. The minimum absolute atomic E-state index is 0.153. The van der Waals surface area contributed by atoms with E-state index in [1.54, 1.807) is 12.4 Å². The maximum atomic E-state index is 13.1. The van der Waals surface area contributed by atoms with E-state index in [4.69, 9.17) is 5.73 Å². The van der Waals surface area contributed by atoms with Crippen molar-refractivity contribution in [2.75, 3.05) is 5.73 Å². The molecule has 3 heterocycles. The van der Waals surface area contributed by atoms with Crippen molar-refractivity contribution in [1.82, 2.24) is 24.1 Å². The highest BCUT2D eigenvalue weighted by Gasteiger charge is 2.14. The zero-order chi connectivity index (χ0) is 20.1. The Balaban J connectivity index is 1.72. The molecule has 0 unspecified atom stereocenters. The maximum absolute atomic E-state index is 13.1. The quantitative estimate of drug-likeness (QED) is 0.506. The third-order valence-electron chi connectivity index (χ3n) is 5.15. The van der Waals surface area contributed by atoms with Crippen LogP contribution in [0.1, 0.15) is 11.1 Å².